The predicted molar refractivity (Wildman–Crippen MR) is 81.4 cm³/mol. The topological polar surface area (TPSA) is 90.0 Å². The fourth-order valence-corrected chi connectivity index (χ4v) is 2.73. The van der Waals surface area contributed by atoms with E-state index in [4.69, 9.17) is 5.11 Å². The van der Waals surface area contributed by atoms with E-state index in [1.54, 1.807) is 23.9 Å². The summed E-state index contributed by atoms with van der Waals surface area (Å²) in [6, 6.07) is -0.0149. The summed E-state index contributed by atoms with van der Waals surface area (Å²) in [4.78, 5) is 37.4. The first-order chi connectivity index (χ1) is 9.91. The van der Waals surface area contributed by atoms with Crippen LogP contribution in [0.4, 0.5) is 4.79 Å². The largest absolute Gasteiger partial charge is 0.481 e. The normalized spacial score (nSPS) is 15.6. The minimum atomic E-state index is -0.843. The van der Waals surface area contributed by atoms with Crippen molar-refractivity contribution >= 4 is 29.7 Å². The van der Waals surface area contributed by atoms with E-state index in [0.717, 1.165) is 0 Å². The van der Waals surface area contributed by atoms with Crippen LogP contribution in [-0.4, -0.2) is 78.0 Å². The molecule has 1 rings (SSSR count). The lowest BCUT2D eigenvalue weighted by atomic mass is 9.96. The summed E-state index contributed by atoms with van der Waals surface area (Å²) in [7, 11) is 3.44. The van der Waals surface area contributed by atoms with Gasteiger partial charge in [-0.1, -0.05) is 0 Å². The van der Waals surface area contributed by atoms with Crippen LogP contribution in [0.3, 0.4) is 0 Å². The number of hydrogen-bond acceptors (Lipinski definition) is 4. The molecular weight excluding hydrogens is 294 g/mol. The summed E-state index contributed by atoms with van der Waals surface area (Å²) in [6.45, 7) is 1.68. The third-order valence-electron chi connectivity index (χ3n) is 3.29. The molecule has 0 spiro atoms. The second kappa shape index (κ2) is 8.76. The molecule has 0 aromatic carbocycles. The number of hydrogen-bond donors (Lipinski definition) is 2. The molecule has 0 aromatic rings. The molecule has 0 unspecified atom stereocenters. The van der Waals surface area contributed by atoms with Gasteiger partial charge in [0.25, 0.3) is 0 Å². The zero-order chi connectivity index (χ0) is 15.8. The van der Waals surface area contributed by atoms with Crippen molar-refractivity contribution < 1.29 is 19.5 Å². The van der Waals surface area contributed by atoms with Crippen molar-refractivity contribution in [1.82, 2.24) is 15.1 Å². The van der Waals surface area contributed by atoms with Crippen molar-refractivity contribution in [3.8, 4) is 0 Å². The van der Waals surface area contributed by atoms with Crippen LogP contribution in [0.5, 0.6) is 0 Å². The summed E-state index contributed by atoms with van der Waals surface area (Å²) in [5.74, 6) is -0.246. The molecule has 0 bridgehead atoms. The molecule has 1 saturated heterocycles. The Kier molecular flexibility index (Phi) is 7.35. The minimum Gasteiger partial charge on any atom is -0.481 e. The van der Waals surface area contributed by atoms with Gasteiger partial charge in [-0.3, -0.25) is 9.59 Å². The lowest BCUT2D eigenvalue weighted by Gasteiger charge is -2.33. The Morgan fingerprint density at radius 2 is 1.90 bits per heavy atom. The van der Waals surface area contributed by atoms with Gasteiger partial charge in [0.1, 0.15) is 0 Å². The minimum absolute atomic E-state index is 0.00266. The lowest BCUT2D eigenvalue weighted by Crippen LogP contribution is -2.46. The molecule has 120 valence electrons. The molecule has 2 N–H and O–H groups in total. The lowest BCUT2D eigenvalue weighted by molar-refractivity contribution is -0.134. The maximum absolute atomic E-state index is 12.0. The van der Waals surface area contributed by atoms with E-state index >= 15 is 0 Å². The number of amides is 3. The molecule has 1 heterocycles. The Hall–Kier alpha value is -1.44. The van der Waals surface area contributed by atoms with Gasteiger partial charge in [0, 0.05) is 45.4 Å². The van der Waals surface area contributed by atoms with Crippen LogP contribution in [0.2, 0.25) is 0 Å². The number of carbonyl (C=O) groups is 3. The highest BCUT2D eigenvalue weighted by atomic mass is 32.2. The number of nitrogens with one attached hydrogen (secondary N) is 1. The summed E-state index contributed by atoms with van der Waals surface area (Å²) in [6.07, 6.45) is 1.35. The van der Waals surface area contributed by atoms with E-state index in [1.807, 2.05) is 0 Å². The first-order valence-electron chi connectivity index (χ1n) is 6.95. The van der Waals surface area contributed by atoms with Gasteiger partial charge in [0.15, 0.2) is 0 Å². The summed E-state index contributed by atoms with van der Waals surface area (Å²) in [5.41, 5.74) is 0. The maximum Gasteiger partial charge on any atom is 0.319 e. The second-order valence-corrected chi connectivity index (χ2v) is 6.28. The zero-order valence-corrected chi connectivity index (χ0v) is 13.3. The third-order valence-corrected chi connectivity index (χ3v) is 4.23. The third kappa shape index (κ3) is 6.24. The maximum atomic E-state index is 12.0. The number of rotatable bonds is 6. The fourth-order valence-electron chi connectivity index (χ4n) is 2.17. The van der Waals surface area contributed by atoms with Gasteiger partial charge in [-0.25, -0.2) is 4.79 Å². The Morgan fingerprint density at radius 3 is 2.43 bits per heavy atom. The number of urea groups is 1. The summed E-state index contributed by atoms with van der Waals surface area (Å²) < 4.78 is 0. The van der Waals surface area contributed by atoms with Crippen LogP contribution >= 0.6 is 11.8 Å². The number of likely N-dealkylation sites (tertiary alicyclic amines) is 1. The average molecular weight is 317 g/mol. The zero-order valence-electron chi connectivity index (χ0n) is 12.5. The first kappa shape index (κ1) is 17.6. The van der Waals surface area contributed by atoms with Crippen LogP contribution < -0.4 is 5.32 Å². The van der Waals surface area contributed by atoms with Gasteiger partial charge in [-0.05, 0) is 12.8 Å². The average Bonchev–Trinajstić information content (AvgIpc) is 2.45. The highest BCUT2D eigenvalue weighted by molar-refractivity contribution is 7.99. The van der Waals surface area contributed by atoms with Gasteiger partial charge in [-0.15, -0.1) is 11.8 Å². The van der Waals surface area contributed by atoms with E-state index in [2.05, 4.69) is 5.32 Å². The Bertz CT molecular complexity index is 382. The molecule has 0 saturated carbocycles. The van der Waals surface area contributed by atoms with E-state index in [0.29, 0.717) is 38.2 Å². The molecule has 3 amide bonds. The van der Waals surface area contributed by atoms with Crippen LogP contribution in [0.15, 0.2) is 0 Å². The Morgan fingerprint density at radius 1 is 1.29 bits per heavy atom. The smallest absolute Gasteiger partial charge is 0.319 e. The second-order valence-electron chi connectivity index (χ2n) is 5.18. The molecular formula is C13H23N3O4S. The van der Waals surface area contributed by atoms with Gasteiger partial charge in [0.2, 0.25) is 5.91 Å². The SMILES string of the molecule is CN(C)C(=O)N1CCC(C(=O)NCCSCC(=O)O)CC1. The fraction of sp³-hybridized carbons (Fsp3) is 0.769. The van der Waals surface area contributed by atoms with Crippen LogP contribution in [0.25, 0.3) is 0 Å². The van der Waals surface area contributed by atoms with E-state index in [-0.39, 0.29) is 23.6 Å². The van der Waals surface area contributed by atoms with Crippen molar-refractivity contribution in [2.45, 2.75) is 12.8 Å². The number of thioether (sulfide) groups is 1. The van der Waals surface area contributed by atoms with Crippen LogP contribution in [0.1, 0.15) is 12.8 Å². The molecule has 0 radical (unpaired) electrons. The van der Waals surface area contributed by atoms with Crippen molar-refractivity contribution in [3.63, 3.8) is 0 Å². The van der Waals surface area contributed by atoms with Crippen molar-refractivity contribution in [1.29, 1.82) is 0 Å². The Labute approximate surface area is 129 Å². The molecule has 1 aliphatic heterocycles. The van der Waals surface area contributed by atoms with Crippen molar-refractivity contribution in [3.05, 3.63) is 0 Å². The molecule has 1 aliphatic rings. The van der Waals surface area contributed by atoms with Crippen molar-refractivity contribution in [2.75, 3.05) is 45.2 Å². The molecule has 0 aliphatic carbocycles. The molecule has 8 heteroatoms. The summed E-state index contributed by atoms with van der Waals surface area (Å²) in [5, 5.41) is 11.3. The number of carboxylic acid groups (broad SMARTS) is 1. The Balaban J connectivity index is 2.20. The van der Waals surface area contributed by atoms with E-state index in [9.17, 15) is 14.4 Å². The number of carbonyl (C=O) groups excluding carboxylic acids is 2. The number of piperidine rings is 1. The van der Waals surface area contributed by atoms with Crippen molar-refractivity contribution in [2.24, 2.45) is 5.92 Å². The summed E-state index contributed by atoms with van der Waals surface area (Å²) >= 11 is 1.28. The highest BCUT2D eigenvalue weighted by Gasteiger charge is 2.27. The monoisotopic (exact) mass is 317 g/mol. The number of carboxylic acids is 1. The standard InChI is InChI=1S/C13H23N3O4S/c1-15(2)13(20)16-6-3-10(4-7-16)12(19)14-5-8-21-9-11(17)18/h10H,3-9H2,1-2H3,(H,14,19)(H,17,18). The van der Waals surface area contributed by atoms with Gasteiger partial charge in [0.05, 0.1) is 5.75 Å². The molecule has 7 nitrogen and oxygen atoms in total. The number of nitrogens with zero attached hydrogens (tertiary/aromatic N) is 2. The van der Waals surface area contributed by atoms with Gasteiger partial charge < -0.3 is 20.2 Å². The van der Waals surface area contributed by atoms with Crippen LogP contribution in [-0.2, 0) is 9.59 Å². The molecule has 0 aromatic heterocycles. The quantitative estimate of drug-likeness (QED) is 0.688. The van der Waals surface area contributed by atoms with Gasteiger partial charge in [-0.2, -0.15) is 0 Å². The van der Waals surface area contributed by atoms with Gasteiger partial charge >= 0.3 is 12.0 Å². The molecule has 1 fully saturated rings. The van der Waals surface area contributed by atoms with E-state index < -0.39 is 5.97 Å². The molecule has 0 atom stereocenters. The number of aliphatic carboxylic acids is 1. The van der Waals surface area contributed by atoms with E-state index in [1.165, 1.54) is 11.8 Å². The first-order valence-corrected chi connectivity index (χ1v) is 8.10. The van der Waals surface area contributed by atoms with Crippen LogP contribution in [0, 0.1) is 5.92 Å². The highest BCUT2D eigenvalue weighted by Crippen LogP contribution is 2.18. The molecule has 21 heavy (non-hydrogen) atoms. The predicted octanol–water partition coefficient (Wildman–Crippen LogP) is 0.314.